The molecule has 0 aliphatic carbocycles. The summed E-state index contributed by atoms with van der Waals surface area (Å²) in [7, 11) is 0. The Morgan fingerprint density at radius 3 is 2.95 bits per heavy atom. The van der Waals surface area contributed by atoms with Crippen LogP contribution in [0.5, 0.6) is 0 Å². The first-order chi connectivity index (χ1) is 10.2. The van der Waals surface area contributed by atoms with Gasteiger partial charge in [-0.25, -0.2) is 4.79 Å². The summed E-state index contributed by atoms with van der Waals surface area (Å²) in [5.41, 5.74) is 0.632. The van der Waals surface area contributed by atoms with E-state index in [1.54, 1.807) is 4.90 Å². The number of nitrogens with one attached hydrogen (secondary N) is 1. The Balaban J connectivity index is 1.57. The van der Waals surface area contributed by atoms with E-state index in [9.17, 15) is 4.79 Å². The van der Waals surface area contributed by atoms with Crippen molar-refractivity contribution in [1.82, 2.24) is 0 Å². The quantitative estimate of drug-likeness (QED) is 0.847. The van der Waals surface area contributed by atoms with Gasteiger partial charge in [-0.1, -0.05) is 22.0 Å². The molecule has 21 heavy (non-hydrogen) atoms. The van der Waals surface area contributed by atoms with E-state index in [2.05, 4.69) is 15.9 Å². The molecule has 2 heterocycles. The predicted molar refractivity (Wildman–Crippen MR) is 85.5 cm³/mol. The van der Waals surface area contributed by atoms with Crippen LogP contribution in [0.1, 0.15) is 42.5 Å². The molecule has 114 valence electrons. The summed E-state index contributed by atoms with van der Waals surface area (Å²) >= 11 is 3.39. The molecule has 3 nitrogen and oxygen atoms in total. The van der Waals surface area contributed by atoms with E-state index < -0.39 is 0 Å². The van der Waals surface area contributed by atoms with Gasteiger partial charge in [0.15, 0.2) is 0 Å². The Kier molecular flexibility index (Phi) is 4.96. The smallest absolute Gasteiger partial charge is 0.338 e. The van der Waals surface area contributed by atoms with Crippen molar-refractivity contribution in [3.8, 4) is 0 Å². The normalized spacial score (nSPS) is 28.7. The first-order valence-electron chi connectivity index (χ1n) is 8.01. The SMILES string of the molecule is O=C(OCC1CCC[NH+]2CCCCC12)c1cccc(Br)c1. The van der Waals surface area contributed by atoms with Crippen LogP contribution in [0.4, 0.5) is 0 Å². The molecule has 2 fully saturated rings. The number of ether oxygens (including phenoxy) is 1. The van der Waals surface area contributed by atoms with Crippen molar-refractivity contribution in [1.29, 1.82) is 0 Å². The molecule has 0 amide bonds. The largest absolute Gasteiger partial charge is 0.462 e. The molecule has 2 aliphatic rings. The van der Waals surface area contributed by atoms with Crippen molar-refractivity contribution >= 4 is 21.9 Å². The lowest BCUT2D eigenvalue weighted by Gasteiger charge is -2.40. The number of rotatable bonds is 3. The maximum Gasteiger partial charge on any atom is 0.338 e. The highest BCUT2D eigenvalue weighted by Crippen LogP contribution is 2.21. The number of benzene rings is 1. The summed E-state index contributed by atoms with van der Waals surface area (Å²) in [5.74, 6) is 0.351. The molecule has 1 N–H and O–H groups in total. The van der Waals surface area contributed by atoms with Crippen LogP contribution in [0, 0.1) is 5.92 Å². The van der Waals surface area contributed by atoms with Gasteiger partial charge in [-0.3, -0.25) is 0 Å². The van der Waals surface area contributed by atoms with Gasteiger partial charge in [-0.05, 0) is 50.3 Å². The van der Waals surface area contributed by atoms with Gasteiger partial charge in [0.1, 0.15) is 6.61 Å². The van der Waals surface area contributed by atoms with Crippen LogP contribution < -0.4 is 4.90 Å². The Morgan fingerprint density at radius 1 is 1.24 bits per heavy atom. The zero-order valence-electron chi connectivity index (χ0n) is 12.3. The highest BCUT2D eigenvalue weighted by atomic mass is 79.9. The topological polar surface area (TPSA) is 30.7 Å². The highest BCUT2D eigenvalue weighted by Gasteiger charge is 2.37. The van der Waals surface area contributed by atoms with Gasteiger partial charge >= 0.3 is 5.97 Å². The second-order valence-corrected chi connectivity index (χ2v) is 7.19. The number of piperidine rings is 2. The third kappa shape index (κ3) is 3.67. The average Bonchev–Trinajstić information content (AvgIpc) is 2.52. The fourth-order valence-electron chi connectivity index (χ4n) is 3.86. The Labute approximate surface area is 134 Å². The standard InChI is InChI=1S/C17H22BrNO2/c18-15-7-3-5-13(11-15)17(20)21-12-14-6-4-10-19-9-2-1-8-16(14)19/h3,5,7,11,14,16H,1-2,4,6,8-10,12H2/p+1. The van der Waals surface area contributed by atoms with Crippen LogP contribution >= 0.6 is 15.9 Å². The molecule has 2 saturated heterocycles. The van der Waals surface area contributed by atoms with Crippen molar-refractivity contribution in [2.75, 3.05) is 19.7 Å². The fourth-order valence-corrected chi connectivity index (χ4v) is 4.26. The van der Waals surface area contributed by atoms with E-state index in [1.807, 2.05) is 24.3 Å². The number of esters is 1. The van der Waals surface area contributed by atoms with Crippen LogP contribution in [-0.2, 0) is 4.74 Å². The van der Waals surface area contributed by atoms with E-state index >= 15 is 0 Å². The Bertz CT molecular complexity index is 503. The zero-order chi connectivity index (χ0) is 14.7. The number of hydrogen-bond acceptors (Lipinski definition) is 2. The van der Waals surface area contributed by atoms with Crippen LogP contribution in [0.25, 0.3) is 0 Å². The van der Waals surface area contributed by atoms with Gasteiger partial charge in [0.2, 0.25) is 0 Å². The Hall–Kier alpha value is -0.870. The minimum atomic E-state index is -0.195. The van der Waals surface area contributed by atoms with E-state index in [-0.39, 0.29) is 5.97 Å². The molecule has 1 aromatic rings. The minimum absolute atomic E-state index is 0.195. The third-order valence-electron chi connectivity index (χ3n) is 4.92. The van der Waals surface area contributed by atoms with Gasteiger partial charge in [-0.15, -0.1) is 0 Å². The van der Waals surface area contributed by atoms with Gasteiger partial charge in [0.05, 0.1) is 24.7 Å². The lowest BCUT2D eigenvalue weighted by molar-refractivity contribution is -0.940. The van der Waals surface area contributed by atoms with Crippen LogP contribution in [0.3, 0.4) is 0 Å². The maximum absolute atomic E-state index is 12.1. The molecule has 0 spiro atoms. The predicted octanol–water partition coefficient (Wildman–Crippen LogP) is 2.45. The molecule has 0 aromatic heterocycles. The van der Waals surface area contributed by atoms with Crippen molar-refractivity contribution in [2.45, 2.75) is 38.1 Å². The molecular formula is C17H23BrNO2+. The first-order valence-corrected chi connectivity index (χ1v) is 8.80. The van der Waals surface area contributed by atoms with Crippen molar-refractivity contribution in [3.05, 3.63) is 34.3 Å². The number of fused-ring (bicyclic) bond motifs is 1. The second kappa shape index (κ2) is 6.93. The summed E-state index contributed by atoms with van der Waals surface area (Å²) in [6.45, 7) is 3.20. The van der Waals surface area contributed by atoms with Crippen molar-refractivity contribution in [2.24, 2.45) is 5.92 Å². The number of carbonyl (C=O) groups excluding carboxylic acids is 1. The van der Waals surface area contributed by atoms with E-state index in [4.69, 9.17) is 4.74 Å². The molecule has 0 saturated carbocycles. The molecule has 4 heteroatoms. The maximum atomic E-state index is 12.1. The molecule has 0 radical (unpaired) electrons. The van der Waals surface area contributed by atoms with Crippen LogP contribution in [0.15, 0.2) is 28.7 Å². The number of hydrogen-bond donors (Lipinski definition) is 1. The summed E-state index contributed by atoms with van der Waals surface area (Å²) in [4.78, 5) is 13.9. The lowest BCUT2D eigenvalue weighted by atomic mass is 9.84. The molecule has 2 aliphatic heterocycles. The number of halogens is 1. The Morgan fingerprint density at radius 2 is 2.10 bits per heavy atom. The average molecular weight is 353 g/mol. The second-order valence-electron chi connectivity index (χ2n) is 6.27. The van der Waals surface area contributed by atoms with E-state index in [0.29, 0.717) is 24.1 Å². The van der Waals surface area contributed by atoms with Gasteiger partial charge in [0, 0.05) is 10.4 Å². The first kappa shape index (κ1) is 15.0. The van der Waals surface area contributed by atoms with E-state index in [0.717, 1.165) is 4.47 Å². The highest BCUT2D eigenvalue weighted by molar-refractivity contribution is 9.10. The minimum Gasteiger partial charge on any atom is -0.462 e. The van der Waals surface area contributed by atoms with Crippen LogP contribution in [-0.4, -0.2) is 31.7 Å². The van der Waals surface area contributed by atoms with E-state index in [1.165, 1.54) is 45.2 Å². The summed E-state index contributed by atoms with van der Waals surface area (Å²) in [6, 6.07) is 8.13. The number of quaternary nitrogens is 1. The van der Waals surface area contributed by atoms with Gasteiger partial charge in [0.25, 0.3) is 0 Å². The lowest BCUT2D eigenvalue weighted by Crippen LogP contribution is -3.18. The summed E-state index contributed by atoms with van der Waals surface area (Å²) < 4.78 is 6.51. The summed E-state index contributed by atoms with van der Waals surface area (Å²) in [6.07, 6.45) is 6.47. The zero-order valence-corrected chi connectivity index (χ0v) is 13.9. The van der Waals surface area contributed by atoms with Crippen LogP contribution in [0.2, 0.25) is 0 Å². The summed E-state index contributed by atoms with van der Waals surface area (Å²) in [5, 5.41) is 0. The molecule has 1 aromatic carbocycles. The molecule has 3 rings (SSSR count). The van der Waals surface area contributed by atoms with Gasteiger partial charge < -0.3 is 9.64 Å². The number of carbonyl (C=O) groups is 1. The van der Waals surface area contributed by atoms with Crippen molar-refractivity contribution < 1.29 is 14.4 Å². The third-order valence-corrected chi connectivity index (χ3v) is 5.41. The molecular weight excluding hydrogens is 330 g/mol. The molecule has 3 unspecified atom stereocenters. The molecule has 3 atom stereocenters. The van der Waals surface area contributed by atoms with Crippen molar-refractivity contribution in [3.63, 3.8) is 0 Å². The fraction of sp³-hybridized carbons (Fsp3) is 0.588. The monoisotopic (exact) mass is 352 g/mol. The van der Waals surface area contributed by atoms with Gasteiger partial charge in [-0.2, -0.15) is 0 Å². The molecule has 0 bridgehead atoms.